The van der Waals surface area contributed by atoms with E-state index in [1.54, 1.807) is 25.3 Å². The van der Waals surface area contributed by atoms with Crippen molar-refractivity contribution in [1.82, 2.24) is 10.3 Å². The van der Waals surface area contributed by atoms with Gasteiger partial charge in [-0.2, -0.15) is 10.2 Å². The number of aryl methyl sites for hydroxylation is 10. The Morgan fingerprint density at radius 3 is 0.986 bits per heavy atom. The third kappa shape index (κ3) is 42.6. The maximum Gasteiger partial charge on any atom is 0.344 e. The van der Waals surface area contributed by atoms with Crippen molar-refractivity contribution in [3.63, 3.8) is 0 Å². The minimum Gasteiger partial charge on any atom is -0.479 e. The number of hydrogen-bond acceptors (Lipinski definition) is 25. The highest BCUT2D eigenvalue weighted by Gasteiger charge is 2.28. The molecule has 0 amide bonds. The molecule has 29 heteroatoms. The van der Waals surface area contributed by atoms with E-state index in [-0.39, 0.29) is 79.0 Å². The molecule has 1 fully saturated rings. The van der Waals surface area contributed by atoms with Gasteiger partial charge in [-0.1, -0.05) is 195 Å². The largest absolute Gasteiger partial charge is 0.479 e. The number of carboxylic acid groups (broad SMARTS) is 1. The summed E-state index contributed by atoms with van der Waals surface area (Å²) < 4.78 is 56.9. The summed E-state index contributed by atoms with van der Waals surface area (Å²) in [6.07, 6.45) is 57.8. The van der Waals surface area contributed by atoms with E-state index in [1.165, 1.54) is 12.1 Å². The van der Waals surface area contributed by atoms with Gasteiger partial charge in [-0.15, -0.1) is 0 Å². The van der Waals surface area contributed by atoms with Crippen molar-refractivity contribution in [2.75, 3.05) is 26.5 Å². The van der Waals surface area contributed by atoms with E-state index < -0.39 is 27.5 Å². The Kier molecular flexibility index (Phi) is 49.3. The molecule has 3 N–H and O–H groups in total. The van der Waals surface area contributed by atoms with Crippen LogP contribution in [0.25, 0.3) is 0 Å². The minimum absolute atomic E-state index is 0.0293. The predicted molar refractivity (Wildman–Crippen MR) is 574 cm³/mol. The second-order valence-corrected chi connectivity index (χ2v) is 39.0. The molecule has 6 heterocycles. The summed E-state index contributed by atoms with van der Waals surface area (Å²) in [6, 6.07) is 26.0. The molecule has 0 aliphatic carbocycles. The molecular weight excluding hydrogens is 1860 g/mol. The quantitative estimate of drug-likeness (QED) is 0.0337. The number of fused-ring (bicyclic) bond motifs is 5. The smallest absolute Gasteiger partial charge is 0.344 e. The van der Waals surface area contributed by atoms with Crippen molar-refractivity contribution in [1.29, 1.82) is 0 Å². The first kappa shape index (κ1) is 116. The van der Waals surface area contributed by atoms with Crippen LogP contribution in [0.3, 0.4) is 0 Å². The number of carboxylic acids is 1. The van der Waals surface area contributed by atoms with Gasteiger partial charge < -0.3 is 53.5 Å². The first-order valence-electron chi connectivity index (χ1n) is 50.0. The molecule has 6 atom stereocenters. The van der Waals surface area contributed by atoms with E-state index in [1.807, 2.05) is 219 Å². The van der Waals surface area contributed by atoms with Crippen LogP contribution in [0.5, 0.6) is 0 Å². The number of aliphatic carboxylic acids is 1. The highest BCUT2D eigenvalue weighted by atomic mass is 32.2. The fourth-order valence-corrected chi connectivity index (χ4v) is 17.1. The molecule has 0 bridgehead atoms. The molecule has 0 saturated carbocycles. The van der Waals surface area contributed by atoms with Crippen LogP contribution in [0, 0.1) is 79.4 Å². The third-order valence-corrected chi connectivity index (χ3v) is 23.8. The van der Waals surface area contributed by atoms with Crippen LogP contribution < -0.4 is 10.3 Å². The lowest BCUT2D eigenvalue weighted by atomic mass is 9.95. The number of esters is 5. The second kappa shape index (κ2) is 61.4. The number of oxime groups is 3. The molecule has 776 valence electrons. The number of ether oxygens (including phenoxy) is 6. The van der Waals surface area contributed by atoms with Gasteiger partial charge in [-0.25, -0.2) is 42.0 Å². The van der Waals surface area contributed by atoms with Crippen LogP contribution >= 0.6 is 0 Å². The summed E-state index contributed by atoms with van der Waals surface area (Å²) in [7, 11) is -1.69. The monoisotopic (exact) mass is 2000 g/mol. The highest BCUT2D eigenvalue weighted by Crippen LogP contribution is 2.30. The number of hydrazone groups is 2. The highest BCUT2D eigenvalue weighted by molar-refractivity contribution is 7.88. The maximum absolute atomic E-state index is 13.0. The maximum atomic E-state index is 13.0. The number of nitro groups is 1. The van der Waals surface area contributed by atoms with Crippen LogP contribution in [0.2, 0.25) is 0 Å². The lowest BCUT2D eigenvalue weighted by molar-refractivity contribution is -0.384. The fraction of sp³-hybridized carbons (Fsp3) is 0.422. The summed E-state index contributed by atoms with van der Waals surface area (Å²) in [4.78, 5) is 104. The number of nitrogens with one attached hydrogen (secondary N) is 2. The van der Waals surface area contributed by atoms with Crippen molar-refractivity contribution < 1.29 is 90.1 Å². The number of sulfonamides is 1. The fourth-order valence-electron chi connectivity index (χ4n) is 16.9. The van der Waals surface area contributed by atoms with Gasteiger partial charge in [-0.3, -0.25) is 10.1 Å². The zero-order valence-electron chi connectivity index (χ0n) is 87.3. The molecule has 28 nitrogen and oxygen atoms in total. The van der Waals surface area contributed by atoms with Crippen LogP contribution in [0.1, 0.15) is 291 Å². The first-order valence-corrected chi connectivity index (χ1v) is 51.8. The zero-order valence-corrected chi connectivity index (χ0v) is 88.1. The summed E-state index contributed by atoms with van der Waals surface area (Å²) in [5.41, 5.74) is 24.0. The van der Waals surface area contributed by atoms with E-state index in [0.29, 0.717) is 103 Å². The molecule has 1 saturated heterocycles. The molecule has 6 aromatic carbocycles. The SMILES string of the molecule is CNN=C1/C=C/CC/C=C/CC(C)OC(=O)c2c(C)cc(C)cc2C1.Cc1cc(C)c2c(c1)CC(=NNS(C)(=O)=O)/C=C/CC/C=C/CC(C)OC2=O.Cc1cc(C)c2c(c1)CC(=NOC1CCCCO1)/C=C/CC/C=C/CC(C)OC2=O.Cc1cc(C)c2c(c1)CC(=NOCC(=O)O)/C=C/CC/C=C/CC(C)OC2=O.Cc1cc(C)c2c(c1)CC(=NOCc1ccc([N+](=O)[O-])cc1)/C=C/CC/C=C/CC(C)OC2=O. The summed E-state index contributed by atoms with van der Waals surface area (Å²) in [5, 5.41) is 40.7. The Balaban J connectivity index is 0.000000222. The van der Waals surface area contributed by atoms with Crippen LogP contribution in [0.15, 0.2) is 232 Å². The van der Waals surface area contributed by atoms with E-state index in [2.05, 4.69) is 96.7 Å². The molecule has 145 heavy (non-hydrogen) atoms. The van der Waals surface area contributed by atoms with Crippen molar-refractivity contribution >= 4 is 80.1 Å². The topological polar surface area (TPSA) is 369 Å². The minimum atomic E-state index is -3.47. The number of benzene rings is 6. The van der Waals surface area contributed by atoms with Crippen LogP contribution in [-0.2, 0) is 96.5 Å². The lowest BCUT2D eigenvalue weighted by Gasteiger charge is -2.20. The van der Waals surface area contributed by atoms with Gasteiger partial charge in [-0.05, 0) is 285 Å². The molecule has 12 rings (SSSR count). The summed E-state index contributed by atoms with van der Waals surface area (Å²) in [6.45, 7) is 29.5. The Hall–Kier alpha value is -13.8. The normalized spacial score (nSPS) is 22.9. The Morgan fingerprint density at radius 2 is 0.697 bits per heavy atom. The number of nitrogens with zero attached hydrogens (tertiary/aromatic N) is 6. The number of carbonyl (C=O) groups excluding carboxylic acids is 5. The molecule has 0 radical (unpaired) electrons. The molecule has 6 aliphatic rings. The summed E-state index contributed by atoms with van der Waals surface area (Å²) in [5.74, 6) is -2.69. The molecule has 6 aliphatic heterocycles. The zero-order chi connectivity index (χ0) is 105. The average Bonchev–Trinajstić information content (AvgIpc) is 0.829. The van der Waals surface area contributed by atoms with Gasteiger partial charge in [0.1, 0.15) is 37.1 Å². The number of hydrogen-bond donors (Lipinski definition) is 3. The standard InChI is InChI=1S/C27H30N2O5.C25H33NO4.C22H27NO5.C21H28N2O4S.C21H28N2O2/c1-19-15-20(2)26-23(16-19)17-24(10-8-6-4-5-7-9-21(3)34-27(26)30)28-33-18-22-11-13-25(14-12-22)29(31)32;1-18-15-19(2)24-21(16-18)17-22(26-30-23-13-9-10-14-28-23)12-8-6-4-5-7-11-20(3)29-25(24)27;1-15-11-16(2)21-18(12-15)13-19(23-27-14-20(24)25)10-8-6-4-5-7-9-17(3)28-22(21)26;1-15-12-16(2)20-18(13-15)14-19(22-23-28(4,25)26)11-9-7-5-6-8-10-17(3)27-21(20)24;1-15-12-16(2)20-18(13-15)14-19(23-22-4)11-9-7-5-6-8-10-17(3)25-21(20)24/h5,7-8,10-16,21H,4,6,9,17-18H2,1-3H3;5,7-8,12,15-16,20,23H,4,6,9-11,13-14,17H2,1-3H3;5,7-8,10-12,17H,4,6,9,13-14H2,1-3H3,(H,24,25);6,8-9,11-13,17,23H,5,7,10,14H2,1-4H3;6,8-9,11-13,17,22H,5,7,10,14H2,1-4H3/b7-5+,10-8+,28-24?;7-5+,12-8+,26-22?;7-5+,10-8+,23-19?;8-6+,11-9+,22-19?;8-6+,11-9+,23-19?. The van der Waals surface area contributed by atoms with E-state index in [0.717, 1.165) is 203 Å². The number of non-ortho nitro benzene ring substituents is 1. The molecule has 0 spiro atoms. The number of rotatable bonds is 12. The van der Waals surface area contributed by atoms with Gasteiger partial charge in [0.2, 0.25) is 22.9 Å². The molecule has 0 aromatic heterocycles. The number of allylic oxidation sites excluding steroid dienone is 15. The van der Waals surface area contributed by atoms with Gasteiger partial charge in [0.05, 0.1) is 74.2 Å². The number of nitro benzene ring substituents is 1. The van der Waals surface area contributed by atoms with Crippen LogP contribution in [0.4, 0.5) is 5.69 Å². The Bertz CT molecular complexity index is 6040. The van der Waals surface area contributed by atoms with E-state index >= 15 is 0 Å². The molecule has 6 unspecified atom stereocenters. The molecule has 6 aromatic rings. The van der Waals surface area contributed by atoms with Crippen molar-refractivity contribution in [3.8, 4) is 0 Å². The Morgan fingerprint density at radius 1 is 0.407 bits per heavy atom. The second-order valence-electron chi connectivity index (χ2n) is 37.3. The van der Waals surface area contributed by atoms with E-state index in [4.69, 9.17) is 48.0 Å². The van der Waals surface area contributed by atoms with E-state index in [9.17, 15) is 47.3 Å². The lowest BCUT2D eigenvalue weighted by Crippen LogP contribution is -2.21. The summed E-state index contributed by atoms with van der Waals surface area (Å²) >= 11 is 0. The van der Waals surface area contributed by atoms with Gasteiger partial charge >= 0.3 is 35.8 Å². The molecular formula is C116H146N8O20S. The van der Waals surface area contributed by atoms with Crippen molar-refractivity contribution in [3.05, 3.63) is 333 Å². The van der Waals surface area contributed by atoms with Gasteiger partial charge in [0.25, 0.3) is 5.69 Å². The van der Waals surface area contributed by atoms with Gasteiger partial charge in [0, 0.05) is 89.8 Å². The predicted octanol–water partition coefficient (Wildman–Crippen LogP) is 23.8. The average molecular weight is 2000 g/mol. The van der Waals surface area contributed by atoms with Crippen molar-refractivity contribution in [2.45, 2.75) is 295 Å². The van der Waals surface area contributed by atoms with Crippen LogP contribution in [-0.4, -0.2) is 146 Å². The van der Waals surface area contributed by atoms with Gasteiger partial charge in [0.15, 0.2) is 0 Å². The number of cyclic esters (lactones) is 5. The number of carbonyl (C=O) groups is 6. The first-order chi connectivity index (χ1) is 69.4. The Labute approximate surface area is 856 Å². The third-order valence-electron chi connectivity index (χ3n) is 23.4. The van der Waals surface area contributed by atoms with Crippen molar-refractivity contribution in [2.24, 2.45) is 25.7 Å².